The lowest BCUT2D eigenvalue weighted by Crippen LogP contribution is -2.25. The minimum absolute atomic E-state index is 0.0654. The molecule has 130 valence electrons. The van der Waals surface area contributed by atoms with Gasteiger partial charge in [0.2, 0.25) is 0 Å². The quantitative estimate of drug-likeness (QED) is 0.606. The van der Waals surface area contributed by atoms with Crippen LogP contribution in [0.1, 0.15) is 30.5 Å². The second-order valence-electron chi connectivity index (χ2n) is 6.61. The summed E-state index contributed by atoms with van der Waals surface area (Å²) in [6.45, 7) is 4.19. The highest BCUT2D eigenvalue weighted by atomic mass is 16.6. The van der Waals surface area contributed by atoms with E-state index in [0.717, 1.165) is 16.9 Å². The molecule has 25 heavy (non-hydrogen) atoms. The molecule has 0 heterocycles. The van der Waals surface area contributed by atoms with Gasteiger partial charge in [0.15, 0.2) is 0 Å². The van der Waals surface area contributed by atoms with E-state index in [9.17, 15) is 10.1 Å². The maximum Gasteiger partial charge on any atom is 0.280 e. The van der Waals surface area contributed by atoms with Crippen molar-refractivity contribution in [3.63, 3.8) is 0 Å². The van der Waals surface area contributed by atoms with E-state index in [2.05, 4.69) is 26.0 Å². The number of benzene rings is 2. The van der Waals surface area contributed by atoms with Gasteiger partial charge in [0.1, 0.15) is 11.5 Å². The van der Waals surface area contributed by atoms with Gasteiger partial charge in [-0.15, -0.1) is 0 Å². The van der Waals surface area contributed by atoms with Crippen molar-refractivity contribution < 1.29 is 14.4 Å². The molecule has 2 aromatic rings. The molecule has 1 aliphatic carbocycles. The molecule has 1 aliphatic rings. The Morgan fingerprint density at radius 1 is 1.04 bits per heavy atom. The highest BCUT2D eigenvalue weighted by Gasteiger charge is 2.35. The summed E-state index contributed by atoms with van der Waals surface area (Å²) < 4.78 is 10.5. The zero-order valence-corrected chi connectivity index (χ0v) is 14.8. The van der Waals surface area contributed by atoms with Gasteiger partial charge in [-0.25, -0.2) is 0 Å². The number of nitrogens with zero attached hydrogens (tertiary/aromatic N) is 1. The van der Waals surface area contributed by atoms with E-state index in [1.807, 2.05) is 12.1 Å². The molecule has 0 amide bonds. The fourth-order valence-electron chi connectivity index (χ4n) is 3.55. The van der Waals surface area contributed by atoms with Gasteiger partial charge >= 0.3 is 0 Å². The van der Waals surface area contributed by atoms with Crippen molar-refractivity contribution in [2.75, 3.05) is 14.2 Å². The minimum Gasteiger partial charge on any atom is -0.497 e. The number of ether oxygens (including phenoxy) is 2. The maximum atomic E-state index is 11.6. The van der Waals surface area contributed by atoms with Crippen LogP contribution in [0.2, 0.25) is 0 Å². The van der Waals surface area contributed by atoms with E-state index in [4.69, 9.17) is 9.47 Å². The van der Waals surface area contributed by atoms with Crippen LogP contribution in [-0.2, 0) is 11.8 Å². The summed E-state index contributed by atoms with van der Waals surface area (Å²) in [7, 11) is 3.16. The van der Waals surface area contributed by atoms with Gasteiger partial charge in [-0.2, -0.15) is 0 Å². The largest absolute Gasteiger partial charge is 0.497 e. The Labute approximate surface area is 147 Å². The number of nitro benzene ring substituents is 1. The Hall–Kier alpha value is -2.82. The van der Waals surface area contributed by atoms with Gasteiger partial charge in [0, 0.05) is 5.41 Å². The van der Waals surface area contributed by atoms with Crippen molar-refractivity contribution in [1.29, 1.82) is 0 Å². The van der Waals surface area contributed by atoms with Crippen LogP contribution in [0.4, 0.5) is 5.69 Å². The molecule has 0 fully saturated rings. The van der Waals surface area contributed by atoms with Crippen molar-refractivity contribution >= 4 is 11.3 Å². The highest BCUT2D eigenvalue weighted by molar-refractivity contribution is 5.82. The van der Waals surface area contributed by atoms with E-state index in [1.54, 1.807) is 19.2 Å². The number of nitro groups is 1. The number of hydrogen-bond donors (Lipinski definition) is 0. The van der Waals surface area contributed by atoms with Gasteiger partial charge in [-0.1, -0.05) is 26.0 Å². The molecule has 0 aromatic heterocycles. The Morgan fingerprint density at radius 3 is 2.32 bits per heavy atom. The predicted octanol–water partition coefficient (Wildman–Crippen LogP) is 4.53. The average Bonchev–Trinajstić information content (AvgIpc) is 2.60. The van der Waals surface area contributed by atoms with E-state index in [1.165, 1.54) is 18.7 Å². The summed E-state index contributed by atoms with van der Waals surface area (Å²) in [5.41, 5.74) is 3.66. The van der Waals surface area contributed by atoms with Gasteiger partial charge < -0.3 is 9.47 Å². The molecule has 5 heteroatoms. The smallest absolute Gasteiger partial charge is 0.280 e. The third-order valence-electron chi connectivity index (χ3n) is 4.88. The molecule has 0 spiro atoms. The summed E-state index contributed by atoms with van der Waals surface area (Å²) in [5.74, 6) is 1.30. The van der Waals surface area contributed by atoms with Crippen LogP contribution < -0.4 is 9.47 Å². The van der Waals surface area contributed by atoms with Gasteiger partial charge in [-0.05, 0) is 47.4 Å². The number of hydrogen-bond acceptors (Lipinski definition) is 4. The van der Waals surface area contributed by atoms with Crippen LogP contribution in [0.5, 0.6) is 11.5 Å². The maximum absolute atomic E-state index is 11.6. The molecule has 0 aliphatic heterocycles. The van der Waals surface area contributed by atoms with Crippen LogP contribution in [0.3, 0.4) is 0 Å². The average molecular weight is 339 g/mol. The lowest BCUT2D eigenvalue weighted by Gasteiger charge is -2.34. The number of fused-ring (bicyclic) bond motifs is 1. The Balaban J connectivity index is 2.13. The van der Waals surface area contributed by atoms with Gasteiger partial charge in [-0.3, -0.25) is 10.1 Å². The molecule has 0 saturated heterocycles. The summed E-state index contributed by atoms with van der Waals surface area (Å²) in [5, 5.41) is 11.6. The third-order valence-corrected chi connectivity index (χ3v) is 4.88. The first-order valence-corrected chi connectivity index (χ1v) is 8.09. The zero-order valence-electron chi connectivity index (χ0n) is 14.8. The fraction of sp³-hybridized carbons (Fsp3) is 0.300. The van der Waals surface area contributed by atoms with Gasteiger partial charge in [0.25, 0.3) is 5.69 Å². The number of allylic oxidation sites excluding steroid dienone is 2. The normalized spacial score (nSPS) is 15.1. The first-order chi connectivity index (χ1) is 11.9. The second kappa shape index (κ2) is 6.24. The summed E-state index contributed by atoms with van der Waals surface area (Å²) in [6, 6.07) is 11.0. The Bertz CT molecular complexity index is 868. The molecule has 5 nitrogen and oxygen atoms in total. The molecule has 0 radical (unpaired) electrons. The minimum atomic E-state index is -0.349. The van der Waals surface area contributed by atoms with Crippen molar-refractivity contribution in [3.05, 3.63) is 69.3 Å². The summed E-state index contributed by atoms with van der Waals surface area (Å²) in [6.07, 6.45) is 2.80. The lowest BCUT2D eigenvalue weighted by molar-refractivity contribution is -0.385. The number of rotatable bonds is 4. The SMILES string of the molecule is COc1ccc2c(c1)CC=C(c1ccc(OC)cc1[N+](=O)[O-])C2(C)C. The molecule has 2 aromatic carbocycles. The van der Waals surface area contributed by atoms with E-state index in [-0.39, 0.29) is 16.0 Å². The first kappa shape index (κ1) is 17.0. The van der Waals surface area contributed by atoms with Crippen molar-refractivity contribution in [2.45, 2.75) is 25.7 Å². The summed E-state index contributed by atoms with van der Waals surface area (Å²) >= 11 is 0. The highest BCUT2D eigenvalue weighted by Crippen LogP contribution is 2.46. The van der Waals surface area contributed by atoms with Crippen molar-refractivity contribution in [2.24, 2.45) is 0 Å². The first-order valence-electron chi connectivity index (χ1n) is 8.09. The van der Waals surface area contributed by atoms with Crippen LogP contribution in [0, 0.1) is 10.1 Å². The molecule has 0 atom stereocenters. The van der Waals surface area contributed by atoms with Crippen molar-refractivity contribution in [3.8, 4) is 11.5 Å². The predicted molar refractivity (Wildman–Crippen MR) is 97.3 cm³/mol. The fourth-order valence-corrected chi connectivity index (χ4v) is 3.55. The Morgan fingerprint density at radius 2 is 1.68 bits per heavy atom. The molecular weight excluding hydrogens is 318 g/mol. The number of methoxy groups -OCH3 is 2. The van der Waals surface area contributed by atoms with Crippen LogP contribution >= 0.6 is 0 Å². The monoisotopic (exact) mass is 339 g/mol. The lowest BCUT2D eigenvalue weighted by atomic mass is 9.69. The molecule has 0 bridgehead atoms. The molecule has 3 rings (SSSR count). The van der Waals surface area contributed by atoms with E-state index in [0.29, 0.717) is 17.7 Å². The molecule has 0 N–H and O–H groups in total. The Kier molecular flexibility index (Phi) is 4.25. The zero-order chi connectivity index (χ0) is 18.2. The van der Waals surface area contributed by atoms with Crippen LogP contribution in [0.25, 0.3) is 5.57 Å². The topological polar surface area (TPSA) is 61.6 Å². The molecule has 0 saturated carbocycles. The second-order valence-corrected chi connectivity index (χ2v) is 6.61. The van der Waals surface area contributed by atoms with Crippen LogP contribution in [0.15, 0.2) is 42.5 Å². The third kappa shape index (κ3) is 2.86. The summed E-state index contributed by atoms with van der Waals surface area (Å²) in [4.78, 5) is 11.2. The van der Waals surface area contributed by atoms with E-state index < -0.39 is 0 Å². The van der Waals surface area contributed by atoms with Gasteiger partial charge in [0.05, 0.1) is 30.8 Å². The van der Waals surface area contributed by atoms with E-state index >= 15 is 0 Å². The molecule has 0 unspecified atom stereocenters. The van der Waals surface area contributed by atoms with Crippen molar-refractivity contribution in [1.82, 2.24) is 0 Å². The van der Waals surface area contributed by atoms with Crippen LogP contribution in [-0.4, -0.2) is 19.1 Å². The standard InChI is InChI=1S/C20H21NO4/c1-20(2)17-10-7-14(24-3)11-13(17)5-9-18(20)16-8-6-15(25-4)12-19(16)21(22)23/h6-12H,5H2,1-4H3. The molecular formula is C20H21NO4.